The van der Waals surface area contributed by atoms with E-state index in [1.165, 1.54) is 12.1 Å². The van der Waals surface area contributed by atoms with E-state index in [9.17, 15) is 14.9 Å². The Kier molecular flexibility index (Phi) is 5.16. The van der Waals surface area contributed by atoms with Crippen LogP contribution in [-0.4, -0.2) is 31.6 Å². The Hall–Kier alpha value is -3.29. The van der Waals surface area contributed by atoms with Gasteiger partial charge in [-0.1, -0.05) is 0 Å². The summed E-state index contributed by atoms with van der Waals surface area (Å²) in [6.45, 7) is 0.663. The molecule has 8 nitrogen and oxygen atoms in total. The van der Waals surface area contributed by atoms with Crippen molar-refractivity contribution >= 4 is 17.3 Å². The molecule has 1 unspecified atom stereocenters. The van der Waals surface area contributed by atoms with Gasteiger partial charge in [-0.25, -0.2) is 0 Å². The van der Waals surface area contributed by atoms with E-state index in [4.69, 9.17) is 15.2 Å². The van der Waals surface area contributed by atoms with Crippen LogP contribution in [0.1, 0.15) is 34.8 Å². The normalized spacial score (nSPS) is 16.2. The number of nitro benzene ring substituents is 1. The molecule has 27 heavy (non-hydrogen) atoms. The van der Waals surface area contributed by atoms with E-state index in [0.717, 1.165) is 18.4 Å². The smallest absolute Gasteiger partial charge is 0.293 e. The molecule has 1 aliphatic rings. The van der Waals surface area contributed by atoms with Crippen molar-refractivity contribution in [1.29, 1.82) is 0 Å². The first-order valence-corrected chi connectivity index (χ1v) is 8.53. The number of carbonyl (C=O) groups excluding carboxylic acids is 1. The molecule has 1 aliphatic heterocycles. The van der Waals surface area contributed by atoms with Crippen molar-refractivity contribution in [2.24, 2.45) is 5.73 Å². The number of amides is 1. The third-order valence-electron chi connectivity index (χ3n) is 4.82. The summed E-state index contributed by atoms with van der Waals surface area (Å²) in [6, 6.07) is 9.83. The first-order chi connectivity index (χ1) is 13.0. The van der Waals surface area contributed by atoms with Gasteiger partial charge in [-0.3, -0.25) is 14.9 Å². The minimum Gasteiger partial charge on any atom is -0.497 e. The molecule has 3 rings (SSSR count). The number of rotatable bonds is 6. The maximum atomic E-state index is 11.6. The lowest BCUT2D eigenvalue weighted by Gasteiger charge is -2.28. The Bertz CT molecular complexity index is 884. The zero-order valence-electron chi connectivity index (χ0n) is 15.2. The van der Waals surface area contributed by atoms with Crippen molar-refractivity contribution in [2.45, 2.75) is 18.9 Å². The van der Waals surface area contributed by atoms with E-state index in [2.05, 4.69) is 0 Å². The molecular weight excluding hydrogens is 350 g/mol. The number of benzene rings is 2. The Morgan fingerprint density at radius 2 is 2.00 bits per heavy atom. The van der Waals surface area contributed by atoms with Gasteiger partial charge >= 0.3 is 0 Å². The molecule has 1 amide bonds. The van der Waals surface area contributed by atoms with Crippen LogP contribution in [0.25, 0.3) is 0 Å². The molecule has 142 valence electrons. The number of ether oxygens (including phenoxy) is 2. The second kappa shape index (κ2) is 7.53. The summed E-state index contributed by atoms with van der Waals surface area (Å²) in [5.74, 6) is 0.652. The maximum absolute atomic E-state index is 11.6. The van der Waals surface area contributed by atoms with Gasteiger partial charge in [0.25, 0.3) is 5.69 Å². The zero-order valence-corrected chi connectivity index (χ0v) is 15.2. The summed E-state index contributed by atoms with van der Waals surface area (Å²) in [6.07, 6.45) is 1.71. The third kappa shape index (κ3) is 3.51. The molecule has 8 heteroatoms. The first-order valence-electron chi connectivity index (χ1n) is 8.53. The first kappa shape index (κ1) is 18.5. The number of methoxy groups -OCH3 is 2. The highest BCUT2D eigenvalue weighted by molar-refractivity contribution is 5.94. The number of carbonyl (C=O) groups is 1. The summed E-state index contributed by atoms with van der Waals surface area (Å²) < 4.78 is 10.8. The lowest BCUT2D eigenvalue weighted by molar-refractivity contribution is -0.384. The average molecular weight is 371 g/mol. The molecule has 1 fully saturated rings. The largest absolute Gasteiger partial charge is 0.497 e. The Labute approximate surface area is 156 Å². The Morgan fingerprint density at radius 1 is 1.22 bits per heavy atom. The lowest BCUT2D eigenvalue weighted by atomic mass is 10.0. The number of anilines is 1. The molecular formula is C19H21N3O5. The second-order valence-corrected chi connectivity index (χ2v) is 6.28. The number of hydrogen-bond acceptors (Lipinski definition) is 6. The van der Waals surface area contributed by atoms with Crippen LogP contribution in [0.3, 0.4) is 0 Å². The number of nitrogens with zero attached hydrogens (tertiary/aromatic N) is 2. The molecule has 0 bridgehead atoms. The lowest BCUT2D eigenvalue weighted by Crippen LogP contribution is -2.24. The fourth-order valence-electron chi connectivity index (χ4n) is 3.54. The highest BCUT2D eigenvalue weighted by Crippen LogP contribution is 2.43. The van der Waals surface area contributed by atoms with Crippen LogP contribution in [0, 0.1) is 10.1 Å². The van der Waals surface area contributed by atoms with Gasteiger partial charge in [-0.05, 0) is 37.1 Å². The zero-order chi connectivity index (χ0) is 19.6. The molecule has 2 aromatic carbocycles. The number of hydrogen-bond donors (Lipinski definition) is 1. The minimum absolute atomic E-state index is 0.0796. The number of nitrogens with two attached hydrogens (primary N) is 1. The Morgan fingerprint density at radius 3 is 2.63 bits per heavy atom. The molecule has 2 N–H and O–H groups in total. The van der Waals surface area contributed by atoms with Gasteiger partial charge in [0, 0.05) is 29.8 Å². The molecule has 0 aliphatic carbocycles. The van der Waals surface area contributed by atoms with E-state index in [0.29, 0.717) is 23.7 Å². The van der Waals surface area contributed by atoms with Gasteiger partial charge < -0.3 is 20.1 Å². The van der Waals surface area contributed by atoms with Gasteiger partial charge in [0.1, 0.15) is 17.2 Å². The fraction of sp³-hybridized carbons (Fsp3) is 0.316. The van der Waals surface area contributed by atoms with Crippen LogP contribution in [0.2, 0.25) is 0 Å². The van der Waals surface area contributed by atoms with Crippen LogP contribution in [-0.2, 0) is 0 Å². The topological polar surface area (TPSA) is 108 Å². The predicted octanol–water partition coefficient (Wildman–Crippen LogP) is 3.05. The van der Waals surface area contributed by atoms with Crippen LogP contribution in [0.15, 0.2) is 36.4 Å². The van der Waals surface area contributed by atoms with Crippen molar-refractivity contribution in [2.75, 3.05) is 25.7 Å². The molecule has 0 spiro atoms. The highest BCUT2D eigenvalue weighted by Gasteiger charge is 2.33. The van der Waals surface area contributed by atoms with E-state index >= 15 is 0 Å². The molecule has 0 saturated carbocycles. The van der Waals surface area contributed by atoms with Crippen LogP contribution in [0.5, 0.6) is 11.5 Å². The molecule has 1 saturated heterocycles. The van der Waals surface area contributed by atoms with E-state index in [1.54, 1.807) is 26.4 Å². The number of nitro groups is 1. The van der Waals surface area contributed by atoms with Crippen LogP contribution in [0.4, 0.5) is 11.4 Å². The van der Waals surface area contributed by atoms with Gasteiger partial charge in [0.15, 0.2) is 0 Å². The van der Waals surface area contributed by atoms with Gasteiger partial charge in [0.05, 0.1) is 25.2 Å². The summed E-state index contributed by atoms with van der Waals surface area (Å²) in [5.41, 5.74) is 6.64. The van der Waals surface area contributed by atoms with Crippen molar-refractivity contribution < 1.29 is 19.2 Å². The van der Waals surface area contributed by atoms with Crippen molar-refractivity contribution in [3.63, 3.8) is 0 Å². The van der Waals surface area contributed by atoms with E-state index in [-0.39, 0.29) is 17.3 Å². The quantitative estimate of drug-likeness (QED) is 0.618. The van der Waals surface area contributed by atoms with E-state index < -0.39 is 10.8 Å². The maximum Gasteiger partial charge on any atom is 0.293 e. The molecule has 0 radical (unpaired) electrons. The summed E-state index contributed by atoms with van der Waals surface area (Å²) in [5, 5.41) is 11.6. The van der Waals surface area contributed by atoms with Gasteiger partial charge in [0.2, 0.25) is 5.91 Å². The average Bonchev–Trinajstić information content (AvgIpc) is 3.16. The van der Waals surface area contributed by atoms with Crippen molar-refractivity contribution in [3.05, 3.63) is 57.6 Å². The SMILES string of the molecule is COc1ccc(C2CCCN2c2ccc(C(N)=O)cc2[N+](=O)[O-])c(OC)c1. The minimum atomic E-state index is -0.695. The molecule has 1 heterocycles. The molecule has 0 aromatic heterocycles. The summed E-state index contributed by atoms with van der Waals surface area (Å²) in [4.78, 5) is 24.5. The van der Waals surface area contributed by atoms with Crippen molar-refractivity contribution in [3.8, 4) is 11.5 Å². The summed E-state index contributed by atoms with van der Waals surface area (Å²) in [7, 11) is 3.17. The van der Waals surface area contributed by atoms with Crippen LogP contribution < -0.4 is 20.1 Å². The second-order valence-electron chi connectivity index (χ2n) is 6.28. The Balaban J connectivity index is 2.05. The van der Waals surface area contributed by atoms with E-state index in [1.807, 2.05) is 17.0 Å². The van der Waals surface area contributed by atoms with Gasteiger partial charge in [-0.2, -0.15) is 0 Å². The fourth-order valence-corrected chi connectivity index (χ4v) is 3.54. The molecule has 1 atom stereocenters. The standard InChI is InChI=1S/C19H21N3O5/c1-26-13-6-7-14(18(11-13)27-2)15-4-3-9-21(15)16-8-5-12(19(20)23)10-17(16)22(24)25/h5-8,10-11,15H,3-4,9H2,1-2H3,(H2,20,23). The monoisotopic (exact) mass is 371 g/mol. The summed E-state index contributed by atoms with van der Waals surface area (Å²) >= 11 is 0. The third-order valence-corrected chi connectivity index (χ3v) is 4.82. The highest BCUT2D eigenvalue weighted by atomic mass is 16.6. The predicted molar refractivity (Wildman–Crippen MR) is 100 cm³/mol. The van der Waals surface area contributed by atoms with Gasteiger partial charge in [-0.15, -0.1) is 0 Å². The molecule has 2 aromatic rings. The number of primary amides is 1. The van der Waals surface area contributed by atoms with Crippen molar-refractivity contribution in [1.82, 2.24) is 0 Å². The van der Waals surface area contributed by atoms with Crippen LogP contribution >= 0.6 is 0 Å².